The summed E-state index contributed by atoms with van der Waals surface area (Å²) in [4.78, 5) is 5.71. The van der Waals surface area contributed by atoms with Crippen LogP contribution in [-0.2, 0) is 10.8 Å². The lowest BCUT2D eigenvalue weighted by atomic mass is 9.83. The zero-order valence-electron chi connectivity index (χ0n) is 34.6. The highest BCUT2D eigenvalue weighted by molar-refractivity contribution is 6.49. The zero-order chi connectivity index (χ0) is 40.1. The van der Waals surface area contributed by atoms with E-state index in [0.29, 0.717) is 0 Å². The third kappa shape index (κ3) is 7.23. The number of benzene rings is 5. The Bertz CT molecular complexity index is 2630. The van der Waals surface area contributed by atoms with Crippen molar-refractivity contribution in [2.75, 3.05) is 0 Å². The van der Waals surface area contributed by atoms with Gasteiger partial charge in [-0.05, 0) is 93.2 Å². The van der Waals surface area contributed by atoms with E-state index in [2.05, 4.69) is 194 Å². The summed E-state index contributed by atoms with van der Waals surface area (Å²) >= 11 is 0. The summed E-state index contributed by atoms with van der Waals surface area (Å²) in [6.45, 7) is 17.3. The third-order valence-electron chi connectivity index (χ3n) is 11.6. The summed E-state index contributed by atoms with van der Waals surface area (Å²) < 4.78 is 18.9. The molecule has 0 fully saturated rings. The maximum Gasteiger partial charge on any atom is 0.462 e. The molecule has 1 aromatic heterocycles. The lowest BCUT2D eigenvalue weighted by molar-refractivity contribution is 0.590. The molecule has 0 saturated carbocycles. The van der Waals surface area contributed by atoms with Crippen LogP contribution in [0.5, 0.6) is 0 Å². The summed E-state index contributed by atoms with van der Waals surface area (Å²) in [5.74, 6) is 0. The number of aliphatic imine (C=N–C) groups is 1. The van der Waals surface area contributed by atoms with E-state index < -0.39 is 7.12 Å². The van der Waals surface area contributed by atoms with Crippen molar-refractivity contribution in [1.82, 2.24) is 4.48 Å². The van der Waals surface area contributed by atoms with Crippen LogP contribution < -0.4 is 0 Å². The van der Waals surface area contributed by atoms with Crippen molar-refractivity contribution >= 4 is 40.3 Å². The molecule has 1 aliphatic carbocycles. The van der Waals surface area contributed by atoms with Crippen LogP contribution in [0.3, 0.4) is 0 Å². The monoisotopic (exact) mass is 746 g/mol. The first-order valence-electron chi connectivity index (χ1n) is 20.4. The first-order valence-corrected chi connectivity index (χ1v) is 20.4. The van der Waals surface area contributed by atoms with Gasteiger partial charge in [-0.2, -0.15) is 0 Å². The number of aromatic nitrogens is 1. The second kappa shape index (κ2) is 15.0. The number of nitrogens with zero attached hydrogens (tertiary/aromatic N) is 2. The van der Waals surface area contributed by atoms with Crippen LogP contribution in [0, 0.1) is 0 Å². The number of rotatable bonds is 7. The van der Waals surface area contributed by atoms with E-state index in [4.69, 9.17) is 4.99 Å². The van der Waals surface area contributed by atoms with Gasteiger partial charge in [0.05, 0.1) is 11.4 Å². The molecule has 5 aromatic carbocycles. The summed E-state index contributed by atoms with van der Waals surface area (Å²) in [6, 6.07) is 45.5. The molecule has 2 aliphatic rings. The van der Waals surface area contributed by atoms with Crippen molar-refractivity contribution in [3.05, 3.63) is 196 Å². The van der Waals surface area contributed by atoms with E-state index >= 15 is 4.32 Å². The van der Waals surface area contributed by atoms with E-state index in [1.807, 2.05) is 4.48 Å². The fourth-order valence-electron chi connectivity index (χ4n) is 8.49. The highest BCUT2D eigenvalue weighted by atomic mass is 19.1. The second-order valence-electron chi connectivity index (χ2n) is 17.6. The van der Waals surface area contributed by atoms with Crippen molar-refractivity contribution in [3.63, 3.8) is 0 Å². The van der Waals surface area contributed by atoms with E-state index in [1.54, 1.807) is 6.82 Å². The van der Waals surface area contributed by atoms with Crippen molar-refractivity contribution in [2.24, 2.45) is 4.99 Å². The molecule has 0 unspecified atom stereocenters. The molecule has 2 nitrogen and oxygen atoms in total. The van der Waals surface area contributed by atoms with Gasteiger partial charge in [0, 0.05) is 33.7 Å². The Morgan fingerprint density at radius 2 is 1.32 bits per heavy atom. The smallest absolute Gasteiger partial charge is 0.355 e. The zero-order valence-corrected chi connectivity index (χ0v) is 34.6. The minimum Gasteiger partial charge on any atom is -0.355 e. The maximum absolute atomic E-state index is 17.0. The predicted octanol–water partition coefficient (Wildman–Crippen LogP) is 14.3. The number of halogens is 1. The Balaban J connectivity index is 1.52. The summed E-state index contributed by atoms with van der Waals surface area (Å²) in [7, 11) is -1.34. The van der Waals surface area contributed by atoms with Crippen molar-refractivity contribution < 1.29 is 4.32 Å². The largest absolute Gasteiger partial charge is 0.462 e. The molecule has 0 bridgehead atoms. The SMILES string of the molecule is CB(F)n1c(-c2ccc(C(C)(C)C)cc2)cc(C2=CC=CCC2)c1/C(=C1\N=C(c2ccc(C(C)(C)C)cc2)C(C)=C1c1ccccc1)c1cccc2ccccc12. The number of fused-ring (bicyclic) bond motifs is 1. The number of hydrogen-bond acceptors (Lipinski definition) is 1. The highest BCUT2D eigenvalue weighted by Gasteiger charge is 2.34. The minimum absolute atomic E-state index is 0.00128. The predicted molar refractivity (Wildman–Crippen MR) is 244 cm³/mol. The first kappa shape index (κ1) is 38.2. The van der Waals surface area contributed by atoms with E-state index in [1.165, 1.54) is 16.7 Å². The van der Waals surface area contributed by atoms with Crippen molar-refractivity contribution in [1.29, 1.82) is 0 Å². The third-order valence-corrected chi connectivity index (χ3v) is 11.6. The molecule has 284 valence electrons. The van der Waals surface area contributed by atoms with Crippen molar-refractivity contribution in [2.45, 2.75) is 79.0 Å². The first-order chi connectivity index (χ1) is 27.3. The fourth-order valence-corrected chi connectivity index (χ4v) is 8.49. The lowest BCUT2D eigenvalue weighted by Crippen LogP contribution is -2.20. The summed E-state index contributed by atoms with van der Waals surface area (Å²) in [5, 5.41) is 2.23. The molecule has 57 heavy (non-hydrogen) atoms. The van der Waals surface area contributed by atoms with Gasteiger partial charge < -0.3 is 8.79 Å². The summed E-state index contributed by atoms with van der Waals surface area (Å²) in [5.41, 5.74) is 15.5. The normalized spacial score (nSPS) is 15.6. The highest BCUT2D eigenvalue weighted by Crippen LogP contribution is 2.48. The van der Waals surface area contributed by atoms with Crippen LogP contribution in [0.25, 0.3) is 38.7 Å². The van der Waals surface area contributed by atoms with Crippen LogP contribution in [0.4, 0.5) is 4.32 Å². The van der Waals surface area contributed by atoms with Crippen LogP contribution >= 0.6 is 0 Å². The van der Waals surface area contributed by atoms with Crippen LogP contribution in [0.2, 0.25) is 6.82 Å². The molecule has 6 aromatic rings. The van der Waals surface area contributed by atoms with Gasteiger partial charge in [0.2, 0.25) is 0 Å². The molecular formula is C53H52BFN2. The molecule has 0 saturated heterocycles. The quantitative estimate of drug-likeness (QED) is 0.145. The molecule has 2 heterocycles. The van der Waals surface area contributed by atoms with Crippen LogP contribution in [-0.4, -0.2) is 17.3 Å². The van der Waals surface area contributed by atoms with Gasteiger partial charge >= 0.3 is 7.12 Å². The molecular weight excluding hydrogens is 694 g/mol. The van der Waals surface area contributed by atoms with Crippen LogP contribution in [0.1, 0.15) is 100 Å². The minimum atomic E-state index is -1.34. The molecule has 1 aliphatic heterocycles. The average Bonchev–Trinajstić information content (AvgIpc) is 3.77. The number of hydrogen-bond donors (Lipinski definition) is 0. The Labute approximate surface area is 339 Å². The molecule has 0 spiro atoms. The molecule has 0 atom stereocenters. The number of allylic oxidation sites excluding steroid dienone is 6. The molecule has 4 heteroatoms. The van der Waals surface area contributed by atoms with Crippen LogP contribution in [0.15, 0.2) is 162 Å². The van der Waals surface area contributed by atoms with Gasteiger partial charge in [0.1, 0.15) is 0 Å². The second-order valence-corrected chi connectivity index (χ2v) is 17.6. The van der Waals surface area contributed by atoms with Gasteiger partial charge in [0.15, 0.2) is 0 Å². The summed E-state index contributed by atoms with van der Waals surface area (Å²) in [6.07, 6.45) is 8.37. The van der Waals surface area contributed by atoms with Gasteiger partial charge in [-0.1, -0.05) is 181 Å². The molecule has 8 rings (SSSR count). The molecule has 0 radical (unpaired) electrons. The lowest BCUT2D eigenvalue weighted by Gasteiger charge is -2.23. The van der Waals surface area contributed by atoms with Gasteiger partial charge in [-0.3, -0.25) is 0 Å². The maximum atomic E-state index is 17.0. The standard InChI is InChI=1S/C53H52BFN2/c1-35-47(39-21-13-10-14-22-39)50(56-49(35)40-28-32-42(33-29-40)53(5,6)7)48(44-25-17-23-36-20-15-16-24-43(36)44)51-45(37-18-11-9-12-19-37)34-46(57(51)54(8)55)38-26-30-41(31-27-38)52(2,3)4/h9-11,13-18,20-34H,12,19H2,1-8H3/b50-48-. The van der Waals surface area contributed by atoms with Gasteiger partial charge in [-0.15, -0.1) is 0 Å². The van der Waals surface area contributed by atoms with Crippen molar-refractivity contribution in [3.8, 4) is 11.3 Å². The van der Waals surface area contributed by atoms with E-state index in [9.17, 15) is 0 Å². The van der Waals surface area contributed by atoms with E-state index in [0.717, 1.165) is 90.9 Å². The topological polar surface area (TPSA) is 17.3 Å². The molecule has 0 N–H and O–H groups in total. The Hall–Kier alpha value is -5.74. The Morgan fingerprint density at radius 1 is 0.702 bits per heavy atom. The average molecular weight is 747 g/mol. The Kier molecular flexibility index (Phi) is 10.0. The van der Waals surface area contributed by atoms with Gasteiger partial charge in [-0.25, -0.2) is 4.99 Å². The van der Waals surface area contributed by atoms with E-state index in [-0.39, 0.29) is 10.8 Å². The fraction of sp³-hybridized carbons (Fsp3) is 0.226. The Morgan fingerprint density at radius 3 is 1.93 bits per heavy atom. The van der Waals surface area contributed by atoms with Gasteiger partial charge in [0.25, 0.3) is 0 Å². The molecule has 0 amide bonds.